The average molecular weight is 546 g/mol. The maximum absolute atomic E-state index is 13.3. The van der Waals surface area contributed by atoms with E-state index in [1.165, 1.54) is 23.0 Å². The number of pyridine rings is 1. The number of hydrogen-bond acceptors (Lipinski definition) is 6. The molecule has 0 atom stereocenters. The summed E-state index contributed by atoms with van der Waals surface area (Å²) in [5, 5.41) is 8.32. The van der Waals surface area contributed by atoms with Gasteiger partial charge in [0.1, 0.15) is 5.69 Å². The largest absolute Gasteiger partial charge is 0.451 e. The summed E-state index contributed by atoms with van der Waals surface area (Å²) in [5.41, 5.74) is 2.76. The van der Waals surface area contributed by atoms with Crippen molar-refractivity contribution in [3.8, 4) is 22.4 Å². The first-order valence-electron chi connectivity index (χ1n) is 12.6. The van der Waals surface area contributed by atoms with E-state index in [0.717, 1.165) is 27.6 Å². The SMILES string of the molecule is Cn1c(C(=O)OCC(=O)Nc2nc(-c3ccc4ccccc4c3)cs2)c(-c2ccccc2)c2ccccc2c1=O. The van der Waals surface area contributed by atoms with Gasteiger partial charge >= 0.3 is 5.97 Å². The molecular formula is C32H23N3O4S. The van der Waals surface area contributed by atoms with E-state index in [1.54, 1.807) is 18.2 Å². The zero-order valence-corrected chi connectivity index (χ0v) is 22.3. The lowest BCUT2D eigenvalue weighted by Crippen LogP contribution is -2.28. The highest BCUT2D eigenvalue weighted by atomic mass is 32.1. The van der Waals surface area contributed by atoms with E-state index >= 15 is 0 Å². The number of amides is 1. The highest BCUT2D eigenvalue weighted by Crippen LogP contribution is 2.31. The van der Waals surface area contributed by atoms with Gasteiger partial charge < -0.3 is 9.30 Å². The number of rotatable bonds is 6. The Morgan fingerprint density at radius 3 is 2.35 bits per heavy atom. The first-order valence-corrected chi connectivity index (χ1v) is 13.5. The van der Waals surface area contributed by atoms with Gasteiger partial charge in [-0.05, 0) is 33.9 Å². The molecule has 4 aromatic carbocycles. The van der Waals surface area contributed by atoms with E-state index in [9.17, 15) is 14.4 Å². The second-order valence-electron chi connectivity index (χ2n) is 9.22. The lowest BCUT2D eigenvalue weighted by atomic mass is 9.97. The maximum Gasteiger partial charge on any atom is 0.356 e. The van der Waals surface area contributed by atoms with Crippen molar-refractivity contribution in [2.24, 2.45) is 7.05 Å². The second kappa shape index (κ2) is 10.6. The molecule has 0 fully saturated rings. The van der Waals surface area contributed by atoms with E-state index < -0.39 is 18.5 Å². The fourth-order valence-corrected chi connectivity index (χ4v) is 5.50. The van der Waals surface area contributed by atoms with Crippen molar-refractivity contribution in [2.45, 2.75) is 0 Å². The van der Waals surface area contributed by atoms with Crippen molar-refractivity contribution in [2.75, 3.05) is 11.9 Å². The molecule has 2 heterocycles. The molecule has 2 aromatic heterocycles. The number of carbonyl (C=O) groups is 2. The zero-order chi connectivity index (χ0) is 27.6. The van der Waals surface area contributed by atoms with Crippen LogP contribution in [0.4, 0.5) is 5.13 Å². The summed E-state index contributed by atoms with van der Waals surface area (Å²) in [6.45, 7) is -0.529. The Kier molecular flexibility index (Phi) is 6.67. The van der Waals surface area contributed by atoms with E-state index in [2.05, 4.69) is 16.4 Å². The minimum atomic E-state index is -0.768. The van der Waals surface area contributed by atoms with Gasteiger partial charge in [-0.1, -0.05) is 84.9 Å². The summed E-state index contributed by atoms with van der Waals surface area (Å²) in [6.07, 6.45) is 0. The van der Waals surface area contributed by atoms with E-state index in [-0.39, 0.29) is 11.3 Å². The third-order valence-corrected chi connectivity index (χ3v) is 7.45. The highest BCUT2D eigenvalue weighted by Gasteiger charge is 2.23. The van der Waals surface area contributed by atoms with Crippen LogP contribution in [0.5, 0.6) is 0 Å². The predicted octanol–water partition coefficient (Wildman–Crippen LogP) is 6.28. The van der Waals surface area contributed by atoms with Crippen LogP contribution in [0.25, 0.3) is 43.9 Å². The van der Waals surface area contributed by atoms with Gasteiger partial charge in [0.25, 0.3) is 11.5 Å². The second-order valence-corrected chi connectivity index (χ2v) is 10.1. The van der Waals surface area contributed by atoms with Crippen LogP contribution >= 0.6 is 11.3 Å². The molecule has 196 valence electrons. The summed E-state index contributed by atoms with van der Waals surface area (Å²) in [5.74, 6) is -1.30. The summed E-state index contributed by atoms with van der Waals surface area (Å²) < 4.78 is 6.69. The molecule has 0 aliphatic heterocycles. The molecule has 1 N–H and O–H groups in total. The average Bonchev–Trinajstić information content (AvgIpc) is 3.46. The number of nitrogens with one attached hydrogen (secondary N) is 1. The van der Waals surface area contributed by atoms with Crippen LogP contribution in [0.2, 0.25) is 0 Å². The Bertz CT molecular complexity index is 1960. The summed E-state index contributed by atoms with van der Waals surface area (Å²) in [4.78, 5) is 43.6. The van der Waals surface area contributed by atoms with Gasteiger partial charge in [-0.15, -0.1) is 11.3 Å². The minimum Gasteiger partial charge on any atom is -0.451 e. The molecule has 0 radical (unpaired) electrons. The molecule has 0 saturated carbocycles. The van der Waals surface area contributed by atoms with Crippen LogP contribution in [0.1, 0.15) is 10.5 Å². The van der Waals surface area contributed by atoms with Crippen molar-refractivity contribution in [1.82, 2.24) is 9.55 Å². The Morgan fingerprint density at radius 1 is 0.850 bits per heavy atom. The number of benzene rings is 4. The predicted molar refractivity (Wildman–Crippen MR) is 159 cm³/mol. The van der Waals surface area contributed by atoms with Gasteiger partial charge in [0.15, 0.2) is 11.7 Å². The lowest BCUT2D eigenvalue weighted by Gasteiger charge is -2.16. The molecule has 0 spiro atoms. The Labute approximate surface area is 233 Å². The maximum atomic E-state index is 13.3. The molecule has 0 unspecified atom stereocenters. The number of fused-ring (bicyclic) bond motifs is 2. The van der Waals surface area contributed by atoms with Crippen LogP contribution in [0.3, 0.4) is 0 Å². The van der Waals surface area contributed by atoms with E-state index in [1.807, 2.05) is 78.2 Å². The Hall–Kier alpha value is -5.08. The number of thiazole rings is 1. The van der Waals surface area contributed by atoms with Crippen molar-refractivity contribution >= 4 is 49.9 Å². The number of nitrogens with zero attached hydrogens (tertiary/aromatic N) is 2. The molecule has 8 heteroatoms. The molecule has 6 aromatic rings. The molecule has 6 rings (SSSR count). The van der Waals surface area contributed by atoms with Crippen LogP contribution < -0.4 is 10.9 Å². The Morgan fingerprint density at radius 2 is 1.55 bits per heavy atom. The number of anilines is 1. The van der Waals surface area contributed by atoms with Crippen molar-refractivity contribution < 1.29 is 14.3 Å². The zero-order valence-electron chi connectivity index (χ0n) is 21.5. The van der Waals surface area contributed by atoms with Crippen molar-refractivity contribution in [3.05, 3.63) is 118 Å². The van der Waals surface area contributed by atoms with Gasteiger partial charge in [0.2, 0.25) is 0 Å². The normalized spacial score (nSPS) is 11.0. The molecule has 0 aliphatic rings. The fourth-order valence-electron chi connectivity index (χ4n) is 4.77. The first kappa shape index (κ1) is 25.2. The van der Waals surface area contributed by atoms with Crippen LogP contribution in [-0.2, 0) is 16.6 Å². The third-order valence-electron chi connectivity index (χ3n) is 6.69. The molecule has 0 saturated heterocycles. The molecule has 0 aliphatic carbocycles. The van der Waals surface area contributed by atoms with E-state index in [0.29, 0.717) is 21.5 Å². The molecule has 1 amide bonds. The fraction of sp³-hybridized carbons (Fsp3) is 0.0625. The molecule has 40 heavy (non-hydrogen) atoms. The standard InChI is InChI=1S/C32H23N3O4S/c1-35-29(28(21-10-3-2-4-11-21)24-13-7-8-14-25(24)30(35)37)31(38)39-18-27(36)34-32-33-26(19-40-32)23-16-15-20-9-5-6-12-22(20)17-23/h2-17,19H,18H2,1H3,(H,33,34,36). The van der Waals surface area contributed by atoms with E-state index in [4.69, 9.17) is 4.74 Å². The third kappa shape index (κ3) is 4.76. The number of carbonyl (C=O) groups excluding carboxylic acids is 2. The molecule has 7 nitrogen and oxygen atoms in total. The highest BCUT2D eigenvalue weighted by molar-refractivity contribution is 7.14. The molecular weight excluding hydrogens is 522 g/mol. The first-order chi connectivity index (χ1) is 19.5. The quantitative estimate of drug-likeness (QED) is 0.249. The Balaban J connectivity index is 1.22. The minimum absolute atomic E-state index is 0.0792. The summed E-state index contributed by atoms with van der Waals surface area (Å²) in [6, 6.07) is 30.6. The number of esters is 1. The van der Waals surface area contributed by atoms with Crippen LogP contribution in [-0.4, -0.2) is 28.0 Å². The van der Waals surface area contributed by atoms with Crippen molar-refractivity contribution in [3.63, 3.8) is 0 Å². The van der Waals surface area contributed by atoms with Crippen LogP contribution in [0.15, 0.2) is 107 Å². The van der Waals surface area contributed by atoms with Gasteiger partial charge in [-0.3, -0.25) is 14.9 Å². The van der Waals surface area contributed by atoms with Crippen molar-refractivity contribution in [1.29, 1.82) is 0 Å². The lowest BCUT2D eigenvalue weighted by molar-refractivity contribution is -0.119. The number of hydrogen-bond donors (Lipinski definition) is 1. The molecule has 0 bridgehead atoms. The van der Waals surface area contributed by atoms with Gasteiger partial charge in [0.05, 0.1) is 5.69 Å². The number of aromatic nitrogens is 2. The van der Waals surface area contributed by atoms with Gasteiger partial charge in [0, 0.05) is 28.9 Å². The van der Waals surface area contributed by atoms with Gasteiger partial charge in [-0.25, -0.2) is 9.78 Å². The summed E-state index contributed by atoms with van der Waals surface area (Å²) >= 11 is 1.29. The number of ether oxygens (including phenoxy) is 1. The van der Waals surface area contributed by atoms with Crippen LogP contribution in [0, 0.1) is 0 Å². The topological polar surface area (TPSA) is 90.3 Å². The smallest absolute Gasteiger partial charge is 0.356 e. The van der Waals surface area contributed by atoms with Gasteiger partial charge in [-0.2, -0.15) is 0 Å². The monoisotopic (exact) mass is 545 g/mol. The summed E-state index contributed by atoms with van der Waals surface area (Å²) in [7, 11) is 1.53.